The zero-order chi connectivity index (χ0) is 32.0. The number of thioether (sulfide) groups is 1. The summed E-state index contributed by atoms with van der Waals surface area (Å²) in [5.41, 5.74) is -3.14. The van der Waals surface area contributed by atoms with Gasteiger partial charge in [0, 0.05) is 59.5 Å². The molecule has 1 aromatic heterocycles. The van der Waals surface area contributed by atoms with Crippen molar-refractivity contribution in [2.75, 3.05) is 37.5 Å². The second-order valence-electron chi connectivity index (χ2n) is 10.4. The Morgan fingerprint density at radius 3 is 2.49 bits per heavy atom. The van der Waals surface area contributed by atoms with Gasteiger partial charge in [-0.2, -0.15) is 18.2 Å². The highest BCUT2D eigenvalue weighted by molar-refractivity contribution is 7.99. The lowest BCUT2D eigenvalue weighted by Crippen LogP contribution is -2.58. The third-order valence-corrected chi connectivity index (χ3v) is 9.08. The summed E-state index contributed by atoms with van der Waals surface area (Å²) in [5, 5.41) is -0.594. The van der Waals surface area contributed by atoms with E-state index in [1.807, 2.05) is 0 Å². The van der Waals surface area contributed by atoms with Crippen LogP contribution in [-0.2, 0) is 15.7 Å². The van der Waals surface area contributed by atoms with Crippen LogP contribution >= 0.6 is 23.4 Å². The van der Waals surface area contributed by atoms with Crippen LogP contribution in [0.3, 0.4) is 0 Å². The van der Waals surface area contributed by atoms with Crippen molar-refractivity contribution in [2.24, 2.45) is 0 Å². The molecule has 2 aromatic rings. The van der Waals surface area contributed by atoms with Crippen LogP contribution in [0.5, 0.6) is 0 Å². The molecule has 1 aromatic carbocycles. The number of allylic oxidation sites excluding steroid dienone is 5. The number of aromatic nitrogens is 2. The van der Waals surface area contributed by atoms with E-state index in [1.165, 1.54) is 17.8 Å². The van der Waals surface area contributed by atoms with E-state index in [2.05, 4.69) is 18.1 Å². The molecule has 2 aliphatic heterocycles. The Hall–Kier alpha value is -3.16. The minimum absolute atomic E-state index is 0.000374. The number of benzene rings is 1. The van der Waals surface area contributed by atoms with Crippen LogP contribution in [0.2, 0.25) is 0 Å². The second-order valence-corrected chi connectivity index (χ2v) is 11.9. The number of anilines is 1. The van der Waals surface area contributed by atoms with Crippen molar-refractivity contribution >= 4 is 51.6 Å². The van der Waals surface area contributed by atoms with Crippen molar-refractivity contribution in [1.82, 2.24) is 14.5 Å². The van der Waals surface area contributed by atoms with E-state index < -0.39 is 57.3 Å². The Bertz CT molecular complexity index is 1620. The van der Waals surface area contributed by atoms with Crippen LogP contribution in [0.4, 0.5) is 27.8 Å². The molecule has 4 rings (SSSR count). The second kappa shape index (κ2) is 12.4. The van der Waals surface area contributed by atoms with Crippen LogP contribution in [-0.4, -0.2) is 65.0 Å². The van der Waals surface area contributed by atoms with Gasteiger partial charge in [-0.3, -0.25) is 9.36 Å². The summed E-state index contributed by atoms with van der Waals surface area (Å²) in [6.45, 7) is 11.7. The number of halogens is 6. The van der Waals surface area contributed by atoms with Crippen molar-refractivity contribution in [1.29, 1.82) is 0 Å². The summed E-state index contributed by atoms with van der Waals surface area (Å²) in [4.78, 5) is 33.6. The molecule has 0 unspecified atom stereocenters. The van der Waals surface area contributed by atoms with Crippen LogP contribution in [0.15, 0.2) is 57.8 Å². The molecule has 232 valence electrons. The average molecular weight is 645 g/mol. The Labute approximate surface area is 254 Å². The molecular formula is C29H30ClF5N4O3S. The molecule has 3 heterocycles. The molecule has 0 aliphatic carbocycles. The maximum Gasteiger partial charge on any atom is 0.417 e. The van der Waals surface area contributed by atoms with E-state index in [1.54, 1.807) is 23.6 Å². The molecule has 43 heavy (non-hydrogen) atoms. The topological polar surface area (TPSA) is 67.7 Å². The first-order chi connectivity index (χ1) is 20.1. The number of carbonyl (C=O) groups excluding carboxylic acids is 1. The number of alkyl halides is 3. The van der Waals surface area contributed by atoms with Gasteiger partial charge in [0.25, 0.3) is 0 Å². The van der Waals surface area contributed by atoms with Gasteiger partial charge in [0.2, 0.25) is 5.91 Å². The predicted molar refractivity (Wildman–Crippen MR) is 159 cm³/mol. The maximum atomic E-state index is 15.0. The number of nitrogens with zero attached hydrogens (tertiary/aromatic N) is 4. The minimum Gasteiger partial charge on any atom is -0.383 e. The molecule has 7 nitrogen and oxygen atoms in total. The summed E-state index contributed by atoms with van der Waals surface area (Å²) >= 11 is 6.92. The van der Waals surface area contributed by atoms with Crippen LogP contribution < -0.4 is 10.6 Å². The molecule has 1 amide bonds. The summed E-state index contributed by atoms with van der Waals surface area (Å²) in [6.07, 6.45) is -3.06. The quantitative estimate of drug-likeness (QED) is 0.192. The lowest BCUT2D eigenvalue weighted by Gasteiger charge is -2.45. The molecule has 0 saturated carbocycles. The minimum atomic E-state index is -5.01. The monoisotopic (exact) mass is 644 g/mol. The van der Waals surface area contributed by atoms with E-state index in [4.69, 9.17) is 16.3 Å². The number of piperazine rings is 1. The molecule has 2 aliphatic rings. The van der Waals surface area contributed by atoms with E-state index in [9.17, 15) is 31.5 Å². The van der Waals surface area contributed by atoms with Gasteiger partial charge in [0.1, 0.15) is 17.5 Å². The number of amides is 1. The Kier molecular flexibility index (Phi) is 9.48. The Morgan fingerprint density at radius 2 is 1.93 bits per heavy atom. The lowest BCUT2D eigenvalue weighted by molar-refractivity contribution is -0.137. The van der Waals surface area contributed by atoms with Gasteiger partial charge in [-0.25, -0.2) is 13.6 Å². The van der Waals surface area contributed by atoms with Crippen LogP contribution in [0, 0.1) is 0 Å². The summed E-state index contributed by atoms with van der Waals surface area (Å²) < 4.78 is 79.9. The molecule has 0 spiro atoms. The SMILES string of the molecule is C=CC(=O)N1C[C@H](C)N(c2nc(=O)n3c4c(c(/C(=C/C(Cl)=C(\C)F)C(=C)F)c(C(F)(F)F)cc24)SC[C@@H]3COC)C[C@H]1C. The van der Waals surface area contributed by atoms with Gasteiger partial charge in [0.15, 0.2) is 0 Å². The van der Waals surface area contributed by atoms with Gasteiger partial charge in [-0.05, 0) is 39.0 Å². The molecule has 3 atom stereocenters. The van der Waals surface area contributed by atoms with Crippen molar-refractivity contribution < 1.29 is 31.5 Å². The fraction of sp³-hybridized carbons (Fsp3) is 0.414. The van der Waals surface area contributed by atoms with E-state index >= 15 is 0 Å². The number of rotatable bonds is 7. The predicted octanol–water partition coefficient (Wildman–Crippen LogP) is 6.63. The molecular weight excluding hydrogens is 615 g/mol. The molecule has 0 bridgehead atoms. The van der Waals surface area contributed by atoms with Crippen molar-refractivity contribution in [3.8, 4) is 0 Å². The fourth-order valence-corrected chi connectivity index (χ4v) is 6.90. The summed E-state index contributed by atoms with van der Waals surface area (Å²) in [6, 6.07) is -0.587. The molecule has 14 heteroatoms. The Balaban J connectivity index is 2.13. The molecule has 1 saturated heterocycles. The van der Waals surface area contributed by atoms with E-state index in [0.717, 1.165) is 30.8 Å². The van der Waals surface area contributed by atoms with Crippen molar-refractivity contribution in [2.45, 2.75) is 50.0 Å². The molecule has 0 radical (unpaired) electrons. The first kappa shape index (κ1) is 32.7. The highest BCUT2D eigenvalue weighted by Crippen LogP contribution is 2.50. The summed E-state index contributed by atoms with van der Waals surface area (Å²) in [5.74, 6) is -2.39. The number of carbonyl (C=O) groups is 1. The molecule has 0 N–H and O–H groups in total. The van der Waals surface area contributed by atoms with Gasteiger partial charge in [0.05, 0.1) is 28.8 Å². The third-order valence-electron chi connectivity index (χ3n) is 7.47. The van der Waals surface area contributed by atoms with E-state index in [0.29, 0.717) is 0 Å². The zero-order valence-electron chi connectivity index (χ0n) is 23.9. The first-order valence-electron chi connectivity index (χ1n) is 13.2. The summed E-state index contributed by atoms with van der Waals surface area (Å²) in [7, 11) is 1.43. The average Bonchev–Trinajstić information content (AvgIpc) is 2.93. The van der Waals surface area contributed by atoms with Crippen molar-refractivity contribution in [3.05, 3.63) is 69.7 Å². The Morgan fingerprint density at radius 1 is 1.26 bits per heavy atom. The zero-order valence-corrected chi connectivity index (χ0v) is 25.5. The van der Waals surface area contributed by atoms with Gasteiger partial charge >= 0.3 is 11.9 Å². The largest absolute Gasteiger partial charge is 0.417 e. The normalized spacial score (nSPS) is 21.6. The fourth-order valence-electron chi connectivity index (χ4n) is 5.47. The van der Waals surface area contributed by atoms with Gasteiger partial charge in [-0.15, -0.1) is 11.8 Å². The smallest absolute Gasteiger partial charge is 0.383 e. The van der Waals surface area contributed by atoms with Crippen LogP contribution in [0.25, 0.3) is 16.5 Å². The van der Waals surface area contributed by atoms with Gasteiger partial charge in [-0.1, -0.05) is 24.8 Å². The van der Waals surface area contributed by atoms with Crippen molar-refractivity contribution in [3.63, 3.8) is 0 Å². The first-order valence-corrected chi connectivity index (χ1v) is 14.6. The maximum absolute atomic E-state index is 15.0. The van der Waals surface area contributed by atoms with Crippen LogP contribution in [0.1, 0.15) is 37.9 Å². The number of ether oxygens (including phenoxy) is 1. The number of methoxy groups -OCH3 is 1. The number of hydrogen-bond donors (Lipinski definition) is 0. The van der Waals surface area contributed by atoms with E-state index in [-0.39, 0.29) is 59.0 Å². The third kappa shape index (κ3) is 6.12. The standard InChI is InChI=1S/C29H30ClF5N4O3S/c1-7-23(40)37-10-15(3)38(11-14(37)2)27-20-8-21(29(33,34)35)24(19(16(4)31)9-22(30)17(5)32)26-25(20)39(28(41)36-27)18(12-42-6)13-43-26/h7-9,14-15,18H,1,4,10-13H2,2-3,5-6H3/b19-9+,22-17-/t14-,15+,18+/m1/s1. The lowest BCUT2D eigenvalue weighted by atomic mass is 9.94. The highest BCUT2D eigenvalue weighted by atomic mass is 35.5. The number of hydrogen-bond acceptors (Lipinski definition) is 6. The molecule has 1 fully saturated rings. The highest BCUT2D eigenvalue weighted by Gasteiger charge is 2.41. The van der Waals surface area contributed by atoms with Gasteiger partial charge < -0.3 is 14.5 Å².